The van der Waals surface area contributed by atoms with Gasteiger partial charge in [-0.1, -0.05) is 12.1 Å². The number of imidazole rings is 1. The number of benzene rings is 1. The molecule has 0 aliphatic heterocycles. The van der Waals surface area contributed by atoms with Crippen LogP contribution in [0, 0.1) is 0 Å². The van der Waals surface area contributed by atoms with Crippen molar-refractivity contribution in [2.45, 2.75) is 26.1 Å². The van der Waals surface area contributed by atoms with Gasteiger partial charge in [-0.05, 0) is 49.2 Å². The molecule has 10 heteroatoms. The average molecular weight is 471 g/mol. The standard InChI is InChI=1S/C24H24F3N5O2/c1-2-34-12-4-9-28-23-29-10-7-19(30-23)22-21(17-5-3-6-18(14-17)24(25,26)27)31-20-13-16(15-33)8-11-32(20)22/h3,5-8,10-11,13-14,33H,2,4,9,12,15H2,1H3,(H,28,29,30). The molecule has 7 nitrogen and oxygen atoms in total. The molecule has 0 atom stereocenters. The van der Waals surface area contributed by atoms with Gasteiger partial charge < -0.3 is 15.2 Å². The predicted molar refractivity (Wildman–Crippen MR) is 122 cm³/mol. The maximum atomic E-state index is 13.4. The van der Waals surface area contributed by atoms with Crippen molar-refractivity contribution in [1.29, 1.82) is 0 Å². The van der Waals surface area contributed by atoms with E-state index < -0.39 is 11.7 Å². The maximum absolute atomic E-state index is 13.4. The number of aliphatic hydroxyl groups is 1. The van der Waals surface area contributed by atoms with E-state index in [1.807, 2.05) is 6.92 Å². The number of rotatable bonds is 9. The Morgan fingerprint density at radius 1 is 1.12 bits per heavy atom. The van der Waals surface area contributed by atoms with Crippen molar-refractivity contribution in [2.75, 3.05) is 25.1 Å². The lowest BCUT2D eigenvalue weighted by Crippen LogP contribution is -2.08. The Bertz CT molecular complexity index is 1270. The summed E-state index contributed by atoms with van der Waals surface area (Å²) in [4.78, 5) is 13.4. The Labute approximate surface area is 194 Å². The van der Waals surface area contributed by atoms with Crippen molar-refractivity contribution in [2.24, 2.45) is 0 Å². The van der Waals surface area contributed by atoms with Gasteiger partial charge in [0.2, 0.25) is 5.95 Å². The number of aliphatic hydroxyl groups excluding tert-OH is 1. The third kappa shape index (κ3) is 5.18. The summed E-state index contributed by atoms with van der Waals surface area (Å²) in [5, 5.41) is 12.7. The number of anilines is 1. The number of fused-ring (bicyclic) bond motifs is 1. The van der Waals surface area contributed by atoms with E-state index in [0.717, 1.165) is 18.6 Å². The highest BCUT2D eigenvalue weighted by molar-refractivity contribution is 5.81. The molecule has 0 bridgehead atoms. The normalized spacial score (nSPS) is 11.8. The molecule has 34 heavy (non-hydrogen) atoms. The van der Waals surface area contributed by atoms with Crippen LogP contribution >= 0.6 is 0 Å². The van der Waals surface area contributed by atoms with Gasteiger partial charge in [-0.25, -0.2) is 15.0 Å². The number of pyridine rings is 1. The first kappa shape index (κ1) is 23.7. The van der Waals surface area contributed by atoms with Crippen LogP contribution in [-0.4, -0.2) is 44.2 Å². The van der Waals surface area contributed by atoms with Gasteiger partial charge in [0.05, 0.1) is 29.3 Å². The van der Waals surface area contributed by atoms with E-state index in [0.29, 0.717) is 59.6 Å². The van der Waals surface area contributed by atoms with Crippen LogP contribution in [0.1, 0.15) is 24.5 Å². The molecule has 0 amide bonds. The highest BCUT2D eigenvalue weighted by atomic mass is 19.4. The van der Waals surface area contributed by atoms with E-state index in [4.69, 9.17) is 4.74 Å². The van der Waals surface area contributed by atoms with Crippen LogP contribution in [0.2, 0.25) is 0 Å². The zero-order valence-corrected chi connectivity index (χ0v) is 18.5. The number of nitrogens with one attached hydrogen (secondary N) is 1. The summed E-state index contributed by atoms with van der Waals surface area (Å²) in [5.74, 6) is 0.394. The topological polar surface area (TPSA) is 84.6 Å². The Hall–Kier alpha value is -3.50. The first-order valence-corrected chi connectivity index (χ1v) is 10.8. The van der Waals surface area contributed by atoms with Crippen LogP contribution in [0.5, 0.6) is 0 Å². The minimum Gasteiger partial charge on any atom is -0.392 e. The number of halogens is 3. The monoisotopic (exact) mass is 471 g/mol. The van der Waals surface area contributed by atoms with Gasteiger partial charge in [0.25, 0.3) is 0 Å². The molecule has 178 valence electrons. The fourth-order valence-corrected chi connectivity index (χ4v) is 3.57. The predicted octanol–water partition coefficient (Wildman–Crippen LogP) is 4.81. The molecule has 0 spiro atoms. The third-order valence-corrected chi connectivity index (χ3v) is 5.19. The molecule has 3 heterocycles. The molecule has 0 fully saturated rings. The first-order valence-electron chi connectivity index (χ1n) is 10.8. The molecule has 4 aromatic rings. The number of nitrogens with zero attached hydrogens (tertiary/aromatic N) is 4. The SMILES string of the molecule is CCOCCCNc1nccc(-c2c(-c3cccc(C(F)(F)F)c3)nc3cc(CO)ccn23)n1. The van der Waals surface area contributed by atoms with E-state index in [-0.39, 0.29) is 6.61 Å². The van der Waals surface area contributed by atoms with E-state index >= 15 is 0 Å². The second kappa shape index (κ2) is 10.2. The first-order chi connectivity index (χ1) is 16.4. The second-order valence-electron chi connectivity index (χ2n) is 7.55. The molecular weight excluding hydrogens is 447 g/mol. The Morgan fingerprint density at radius 2 is 1.97 bits per heavy atom. The molecule has 0 unspecified atom stereocenters. The molecule has 0 aliphatic rings. The van der Waals surface area contributed by atoms with E-state index in [1.165, 1.54) is 6.07 Å². The zero-order chi connectivity index (χ0) is 24.1. The molecule has 0 saturated heterocycles. The molecule has 0 saturated carbocycles. The second-order valence-corrected chi connectivity index (χ2v) is 7.55. The molecule has 0 radical (unpaired) electrons. The van der Waals surface area contributed by atoms with Crippen LogP contribution < -0.4 is 5.32 Å². The van der Waals surface area contributed by atoms with E-state index in [2.05, 4.69) is 20.3 Å². The van der Waals surface area contributed by atoms with Gasteiger partial charge in [0.15, 0.2) is 0 Å². The fourth-order valence-electron chi connectivity index (χ4n) is 3.57. The smallest absolute Gasteiger partial charge is 0.392 e. The average Bonchev–Trinajstić information content (AvgIpc) is 3.22. The van der Waals surface area contributed by atoms with Gasteiger partial charge in [-0.15, -0.1) is 0 Å². The largest absolute Gasteiger partial charge is 0.416 e. The summed E-state index contributed by atoms with van der Waals surface area (Å²) < 4.78 is 47.2. The van der Waals surface area contributed by atoms with Crippen LogP contribution in [0.3, 0.4) is 0 Å². The van der Waals surface area contributed by atoms with E-state index in [1.54, 1.807) is 41.1 Å². The van der Waals surface area contributed by atoms with Gasteiger partial charge in [0.1, 0.15) is 5.65 Å². The highest BCUT2D eigenvalue weighted by Gasteiger charge is 2.31. The minimum atomic E-state index is -4.48. The molecule has 4 rings (SSSR count). The summed E-state index contributed by atoms with van der Waals surface area (Å²) >= 11 is 0. The van der Waals surface area contributed by atoms with Crippen molar-refractivity contribution in [3.05, 3.63) is 66.0 Å². The quantitative estimate of drug-likeness (QED) is 0.341. The number of hydrogen-bond donors (Lipinski definition) is 2. The van der Waals surface area contributed by atoms with Crippen LogP contribution in [0.4, 0.5) is 19.1 Å². The van der Waals surface area contributed by atoms with Crippen LogP contribution in [0.15, 0.2) is 54.9 Å². The number of aromatic nitrogens is 4. The lowest BCUT2D eigenvalue weighted by atomic mass is 10.0. The van der Waals surface area contributed by atoms with Crippen LogP contribution in [-0.2, 0) is 17.5 Å². The Kier molecular flexibility index (Phi) is 7.09. The summed E-state index contributed by atoms with van der Waals surface area (Å²) in [6.45, 7) is 3.62. The molecular formula is C24H24F3N5O2. The molecule has 2 N–H and O–H groups in total. The Morgan fingerprint density at radius 3 is 2.74 bits per heavy atom. The molecule has 1 aromatic carbocycles. The molecule has 0 aliphatic carbocycles. The number of alkyl halides is 3. The van der Waals surface area contributed by atoms with Crippen LogP contribution in [0.25, 0.3) is 28.3 Å². The summed E-state index contributed by atoms with van der Waals surface area (Å²) in [7, 11) is 0. The Balaban J connectivity index is 1.79. The van der Waals surface area contributed by atoms with Gasteiger partial charge in [-0.3, -0.25) is 4.40 Å². The van der Waals surface area contributed by atoms with Gasteiger partial charge >= 0.3 is 6.18 Å². The fraction of sp³-hybridized carbons (Fsp3) is 0.292. The lowest BCUT2D eigenvalue weighted by Gasteiger charge is -2.10. The van der Waals surface area contributed by atoms with Crippen molar-refractivity contribution in [1.82, 2.24) is 19.4 Å². The third-order valence-electron chi connectivity index (χ3n) is 5.19. The number of hydrogen-bond acceptors (Lipinski definition) is 6. The highest BCUT2D eigenvalue weighted by Crippen LogP contribution is 2.36. The van der Waals surface area contributed by atoms with E-state index in [9.17, 15) is 18.3 Å². The van der Waals surface area contributed by atoms with Gasteiger partial charge in [0, 0.05) is 37.7 Å². The minimum absolute atomic E-state index is 0.180. The number of ether oxygens (including phenoxy) is 1. The van der Waals surface area contributed by atoms with Crippen molar-refractivity contribution < 1.29 is 23.0 Å². The van der Waals surface area contributed by atoms with Crippen molar-refractivity contribution in [3.8, 4) is 22.6 Å². The van der Waals surface area contributed by atoms with Crippen molar-refractivity contribution >= 4 is 11.6 Å². The lowest BCUT2D eigenvalue weighted by molar-refractivity contribution is -0.137. The summed E-state index contributed by atoms with van der Waals surface area (Å²) in [5.41, 5.74) is 2.05. The zero-order valence-electron chi connectivity index (χ0n) is 18.5. The summed E-state index contributed by atoms with van der Waals surface area (Å²) in [6, 6.07) is 10.1. The van der Waals surface area contributed by atoms with Crippen molar-refractivity contribution in [3.63, 3.8) is 0 Å². The maximum Gasteiger partial charge on any atom is 0.416 e. The summed E-state index contributed by atoms with van der Waals surface area (Å²) in [6.07, 6.45) is -0.397. The molecule has 3 aromatic heterocycles. The van der Waals surface area contributed by atoms with Gasteiger partial charge in [-0.2, -0.15) is 13.2 Å².